The highest BCUT2D eigenvalue weighted by Crippen LogP contribution is 2.32. The second-order valence-electron chi connectivity index (χ2n) is 7.19. The van der Waals surface area contributed by atoms with Gasteiger partial charge in [0.05, 0.1) is 11.1 Å². The number of hydrogen-bond acceptors (Lipinski definition) is 7. The smallest absolute Gasteiger partial charge is 0.263 e. The van der Waals surface area contributed by atoms with E-state index in [0.717, 1.165) is 21.5 Å². The van der Waals surface area contributed by atoms with Crippen LogP contribution in [-0.2, 0) is 18.7 Å². The van der Waals surface area contributed by atoms with Crippen molar-refractivity contribution < 1.29 is 4.52 Å². The van der Waals surface area contributed by atoms with Crippen LogP contribution in [0.3, 0.4) is 0 Å². The van der Waals surface area contributed by atoms with Crippen molar-refractivity contribution in [1.29, 1.82) is 0 Å². The lowest BCUT2D eigenvalue weighted by atomic mass is 10.1. The van der Waals surface area contributed by atoms with Crippen molar-refractivity contribution in [2.24, 2.45) is 0 Å². The van der Waals surface area contributed by atoms with E-state index in [4.69, 9.17) is 9.51 Å². The Morgan fingerprint density at radius 2 is 1.78 bits per heavy atom. The molecule has 0 bridgehead atoms. The zero-order chi connectivity index (χ0) is 21.9. The predicted octanol–water partition coefficient (Wildman–Crippen LogP) is 5.41. The molecule has 0 saturated carbocycles. The lowest BCUT2D eigenvalue weighted by Gasteiger charge is -2.09. The SMILES string of the molecule is CCn1c(SCc2nc(Cc3ccccc3)no2)nc2scc(-c3ccccc3)c2c1=O. The second kappa shape index (κ2) is 9.10. The van der Waals surface area contributed by atoms with Gasteiger partial charge in [0, 0.05) is 23.9 Å². The van der Waals surface area contributed by atoms with Crippen LogP contribution in [0.15, 0.2) is 80.5 Å². The van der Waals surface area contributed by atoms with Crippen molar-refractivity contribution in [2.45, 2.75) is 30.8 Å². The molecule has 0 N–H and O–H groups in total. The molecule has 0 radical (unpaired) electrons. The van der Waals surface area contributed by atoms with E-state index < -0.39 is 0 Å². The molecule has 0 fully saturated rings. The molecule has 0 aliphatic carbocycles. The van der Waals surface area contributed by atoms with E-state index in [2.05, 4.69) is 10.1 Å². The minimum atomic E-state index is -0.0181. The van der Waals surface area contributed by atoms with Gasteiger partial charge in [-0.2, -0.15) is 4.98 Å². The van der Waals surface area contributed by atoms with Crippen molar-refractivity contribution >= 4 is 33.3 Å². The monoisotopic (exact) mass is 460 g/mol. The Balaban J connectivity index is 1.40. The number of nitrogens with zero attached hydrogens (tertiary/aromatic N) is 4. The van der Waals surface area contributed by atoms with Crippen molar-refractivity contribution in [3.63, 3.8) is 0 Å². The van der Waals surface area contributed by atoms with Crippen LogP contribution in [0.4, 0.5) is 0 Å². The molecular weight excluding hydrogens is 440 g/mol. The molecule has 0 atom stereocenters. The van der Waals surface area contributed by atoms with Crippen LogP contribution in [0, 0.1) is 0 Å². The normalized spacial score (nSPS) is 11.3. The molecule has 0 unspecified atom stereocenters. The number of rotatable bonds is 7. The number of hydrogen-bond donors (Lipinski definition) is 0. The molecule has 5 aromatic rings. The maximum absolute atomic E-state index is 13.3. The van der Waals surface area contributed by atoms with Gasteiger partial charge in [0.1, 0.15) is 4.83 Å². The van der Waals surface area contributed by atoms with Gasteiger partial charge in [-0.05, 0) is 18.1 Å². The highest BCUT2D eigenvalue weighted by atomic mass is 32.2. The average molecular weight is 461 g/mol. The fourth-order valence-corrected chi connectivity index (χ4v) is 5.44. The van der Waals surface area contributed by atoms with Crippen molar-refractivity contribution in [1.82, 2.24) is 19.7 Å². The summed E-state index contributed by atoms with van der Waals surface area (Å²) in [5.41, 5.74) is 3.07. The van der Waals surface area contributed by atoms with Gasteiger partial charge >= 0.3 is 0 Å². The van der Waals surface area contributed by atoms with Crippen LogP contribution in [0.5, 0.6) is 0 Å². The van der Waals surface area contributed by atoms with E-state index in [1.54, 1.807) is 4.57 Å². The standard InChI is InChI=1S/C24H20N4O2S2/c1-2-28-23(29)21-18(17-11-7-4-8-12-17)14-31-22(21)26-24(28)32-15-20-25-19(27-30-20)13-16-9-5-3-6-10-16/h3-12,14H,2,13,15H2,1H3. The molecule has 3 heterocycles. The van der Waals surface area contributed by atoms with Crippen LogP contribution in [0.2, 0.25) is 0 Å². The van der Waals surface area contributed by atoms with E-state index in [1.165, 1.54) is 23.1 Å². The summed E-state index contributed by atoms with van der Waals surface area (Å²) < 4.78 is 7.13. The number of fused-ring (bicyclic) bond motifs is 1. The van der Waals surface area contributed by atoms with Crippen LogP contribution >= 0.6 is 23.1 Å². The van der Waals surface area contributed by atoms with Gasteiger partial charge in [0.2, 0.25) is 5.89 Å². The maximum Gasteiger partial charge on any atom is 0.263 e. The fraction of sp³-hybridized carbons (Fsp3) is 0.167. The molecule has 0 saturated heterocycles. The Kier molecular flexibility index (Phi) is 5.87. The first-order valence-electron chi connectivity index (χ1n) is 10.3. The highest BCUT2D eigenvalue weighted by molar-refractivity contribution is 7.98. The summed E-state index contributed by atoms with van der Waals surface area (Å²) in [4.78, 5) is 23.4. The van der Waals surface area contributed by atoms with E-state index >= 15 is 0 Å². The van der Waals surface area contributed by atoms with Gasteiger partial charge in [-0.25, -0.2) is 4.98 Å². The fourth-order valence-electron chi connectivity index (χ4n) is 3.55. The van der Waals surface area contributed by atoms with Crippen molar-refractivity contribution in [3.8, 4) is 11.1 Å². The van der Waals surface area contributed by atoms with Crippen LogP contribution in [-0.4, -0.2) is 19.7 Å². The summed E-state index contributed by atoms with van der Waals surface area (Å²) in [7, 11) is 0. The van der Waals surface area contributed by atoms with Crippen LogP contribution < -0.4 is 5.56 Å². The number of thiophene rings is 1. The zero-order valence-electron chi connectivity index (χ0n) is 17.4. The summed E-state index contributed by atoms with van der Waals surface area (Å²) in [6.45, 7) is 2.50. The molecule has 160 valence electrons. The average Bonchev–Trinajstić information content (AvgIpc) is 3.46. The third-order valence-electron chi connectivity index (χ3n) is 5.10. The highest BCUT2D eigenvalue weighted by Gasteiger charge is 2.17. The minimum Gasteiger partial charge on any atom is -0.338 e. The van der Waals surface area contributed by atoms with Crippen molar-refractivity contribution in [3.05, 3.63) is 93.7 Å². The molecule has 0 spiro atoms. The summed E-state index contributed by atoms with van der Waals surface area (Å²) in [5, 5.41) is 7.43. The number of benzene rings is 2. The minimum absolute atomic E-state index is 0.0181. The van der Waals surface area contributed by atoms with E-state index in [0.29, 0.717) is 41.0 Å². The van der Waals surface area contributed by atoms with Gasteiger partial charge < -0.3 is 4.52 Å². The maximum atomic E-state index is 13.3. The summed E-state index contributed by atoms with van der Waals surface area (Å²) in [6, 6.07) is 20.0. The molecule has 32 heavy (non-hydrogen) atoms. The first-order valence-corrected chi connectivity index (χ1v) is 12.1. The molecule has 8 heteroatoms. The van der Waals surface area contributed by atoms with E-state index in [9.17, 15) is 4.79 Å². The predicted molar refractivity (Wildman–Crippen MR) is 128 cm³/mol. The summed E-state index contributed by atoms with van der Waals surface area (Å²) in [6.07, 6.45) is 0.621. The lowest BCUT2D eigenvalue weighted by Crippen LogP contribution is -2.22. The van der Waals surface area contributed by atoms with E-state index in [1.807, 2.05) is 73.0 Å². The third kappa shape index (κ3) is 4.11. The second-order valence-corrected chi connectivity index (χ2v) is 9.00. The van der Waals surface area contributed by atoms with Gasteiger partial charge in [0.25, 0.3) is 5.56 Å². The lowest BCUT2D eigenvalue weighted by molar-refractivity contribution is 0.385. The number of thioether (sulfide) groups is 1. The van der Waals surface area contributed by atoms with Crippen LogP contribution in [0.25, 0.3) is 21.3 Å². The Morgan fingerprint density at radius 1 is 1.03 bits per heavy atom. The summed E-state index contributed by atoms with van der Waals surface area (Å²) in [5.74, 6) is 1.62. The molecule has 0 aliphatic heterocycles. The Morgan fingerprint density at radius 3 is 2.53 bits per heavy atom. The van der Waals surface area contributed by atoms with Gasteiger partial charge in [-0.3, -0.25) is 9.36 Å². The third-order valence-corrected chi connectivity index (χ3v) is 6.93. The Labute approximate surface area is 193 Å². The quantitative estimate of drug-likeness (QED) is 0.239. The van der Waals surface area contributed by atoms with E-state index in [-0.39, 0.29) is 5.56 Å². The first-order chi connectivity index (χ1) is 15.7. The van der Waals surface area contributed by atoms with Crippen LogP contribution in [0.1, 0.15) is 24.2 Å². The van der Waals surface area contributed by atoms with Gasteiger partial charge in [-0.1, -0.05) is 77.6 Å². The molecule has 5 rings (SSSR count). The zero-order valence-corrected chi connectivity index (χ0v) is 19.0. The van der Waals surface area contributed by atoms with Gasteiger partial charge in [0.15, 0.2) is 11.0 Å². The van der Waals surface area contributed by atoms with Gasteiger partial charge in [-0.15, -0.1) is 11.3 Å². The molecule has 0 aliphatic rings. The Bertz CT molecular complexity index is 1410. The molecule has 0 amide bonds. The first kappa shape index (κ1) is 20.7. The largest absolute Gasteiger partial charge is 0.338 e. The molecule has 2 aromatic carbocycles. The molecular formula is C24H20N4O2S2. The summed E-state index contributed by atoms with van der Waals surface area (Å²) >= 11 is 2.93. The van der Waals surface area contributed by atoms with Crippen molar-refractivity contribution in [2.75, 3.05) is 0 Å². The number of aromatic nitrogens is 4. The molecule has 3 aromatic heterocycles. The molecule has 6 nitrogen and oxygen atoms in total. The topological polar surface area (TPSA) is 73.8 Å². The Hall–Kier alpha value is -3.23.